The summed E-state index contributed by atoms with van der Waals surface area (Å²) in [5.41, 5.74) is 1.38. The van der Waals surface area contributed by atoms with E-state index in [4.69, 9.17) is 4.74 Å². The molecule has 0 aliphatic rings. The summed E-state index contributed by atoms with van der Waals surface area (Å²) >= 11 is 0. The number of benzene rings is 1. The van der Waals surface area contributed by atoms with Gasteiger partial charge in [-0.25, -0.2) is 9.48 Å². The smallest absolute Gasteiger partial charge is 0.338 e. The standard InChI is InChI=1S/C18H24N4O3/c1-12(2)22-16(10-11-19-22)20-17(23)13(3)25-18(24)14-6-8-15(9-7-14)21(4)5/h6-13H,1-5H3,(H,20,23)/t13-/m0/s1. The van der Waals surface area contributed by atoms with E-state index in [0.717, 1.165) is 5.69 Å². The highest BCUT2D eigenvalue weighted by molar-refractivity contribution is 5.97. The number of aromatic nitrogens is 2. The van der Waals surface area contributed by atoms with Gasteiger partial charge in [0, 0.05) is 31.9 Å². The van der Waals surface area contributed by atoms with Gasteiger partial charge in [0.05, 0.1) is 11.8 Å². The number of ether oxygens (including phenoxy) is 1. The van der Waals surface area contributed by atoms with E-state index in [1.54, 1.807) is 29.1 Å². The molecule has 1 heterocycles. The fraction of sp³-hybridized carbons (Fsp3) is 0.389. The summed E-state index contributed by atoms with van der Waals surface area (Å²) in [6.45, 7) is 5.46. The van der Waals surface area contributed by atoms with Crippen LogP contribution >= 0.6 is 0 Å². The first kappa shape index (κ1) is 18.5. The Labute approximate surface area is 147 Å². The molecule has 0 radical (unpaired) electrons. The van der Waals surface area contributed by atoms with Crippen molar-refractivity contribution < 1.29 is 14.3 Å². The molecule has 0 unspecified atom stereocenters. The van der Waals surface area contributed by atoms with E-state index >= 15 is 0 Å². The minimum absolute atomic E-state index is 0.110. The Bertz CT molecular complexity index is 735. The number of rotatable bonds is 6. The second kappa shape index (κ2) is 7.83. The van der Waals surface area contributed by atoms with Gasteiger partial charge in [0.2, 0.25) is 0 Å². The molecule has 0 aliphatic carbocycles. The Balaban J connectivity index is 1.98. The van der Waals surface area contributed by atoms with E-state index in [1.807, 2.05) is 45.0 Å². The van der Waals surface area contributed by atoms with Crippen LogP contribution in [0.15, 0.2) is 36.5 Å². The lowest BCUT2D eigenvalue weighted by Crippen LogP contribution is -2.31. The largest absolute Gasteiger partial charge is 0.449 e. The molecule has 7 heteroatoms. The zero-order chi connectivity index (χ0) is 18.6. The Morgan fingerprint density at radius 2 is 1.76 bits per heavy atom. The Kier molecular flexibility index (Phi) is 5.80. The number of amides is 1. The zero-order valence-electron chi connectivity index (χ0n) is 15.2. The van der Waals surface area contributed by atoms with Crippen LogP contribution in [0.1, 0.15) is 37.2 Å². The van der Waals surface area contributed by atoms with Gasteiger partial charge in [0.25, 0.3) is 5.91 Å². The van der Waals surface area contributed by atoms with Crippen LogP contribution < -0.4 is 10.2 Å². The number of hydrogen-bond acceptors (Lipinski definition) is 5. The van der Waals surface area contributed by atoms with Crippen molar-refractivity contribution >= 4 is 23.4 Å². The maximum absolute atomic E-state index is 12.3. The summed E-state index contributed by atoms with van der Waals surface area (Å²) in [4.78, 5) is 26.4. The van der Waals surface area contributed by atoms with Crippen molar-refractivity contribution in [1.82, 2.24) is 9.78 Å². The van der Waals surface area contributed by atoms with Gasteiger partial charge in [-0.1, -0.05) is 0 Å². The first-order valence-corrected chi connectivity index (χ1v) is 8.12. The van der Waals surface area contributed by atoms with Crippen LogP contribution in [0.3, 0.4) is 0 Å². The molecule has 1 N–H and O–H groups in total. The van der Waals surface area contributed by atoms with E-state index in [9.17, 15) is 9.59 Å². The molecule has 1 atom stereocenters. The average Bonchev–Trinajstić information content (AvgIpc) is 3.03. The number of hydrogen-bond donors (Lipinski definition) is 1. The molecule has 1 aromatic carbocycles. The van der Waals surface area contributed by atoms with Crippen molar-refractivity contribution in [1.29, 1.82) is 0 Å². The molecule has 2 aromatic rings. The number of carbonyl (C=O) groups excluding carboxylic acids is 2. The molecule has 0 saturated heterocycles. The van der Waals surface area contributed by atoms with Gasteiger partial charge in [0.1, 0.15) is 5.82 Å². The third kappa shape index (κ3) is 4.59. The lowest BCUT2D eigenvalue weighted by molar-refractivity contribution is -0.123. The fourth-order valence-electron chi connectivity index (χ4n) is 2.23. The Morgan fingerprint density at radius 1 is 1.12 bits per heavy atom. The quantitative estimate of drug-likeness (QED) is 0.816. The molecule has 2 rings (SSSR count). The van der Waals surface area contributed by atoms with Gasteiger partial charge in [-0.2, -0.15) is 5.10 Å². The van der Waals surface area contributed by atoms with Gasteiger partial charge < -0.3 is 15.0 Å². The zero-order valence-corrected chi connectivity index (χ0v) is 15.2. The average molecular weight is 344 g/mol. The molecular formula is C18H24N4O3. The molecular weight excluding hydrogens is 320 g/mol. The second-order valence-electron chi connectivity index (χ2n) is 6.23. The summed E-state index contributed by atoms with van der Waals surface area (Å²) in [6.07, 6.45) is 0.690. The van der Waals surface area contributed by atoms with Crippen molar-refractivity contribution in [3.8, 4) is 0 Å². The minimum Gasteiger partial charge on any atom is -0.449 e. The van der Waals surface area contributed by atoms with E-state index in [-0.39, 0.29) is 6.04 Å². The molecule has 1 aromatic heterocycles. The fourth-order valence-corrected chi connectivity index (χ4v) is 2.23. The highest BCUT2D eigenvalue weighted by atomic mass is 16.5. The third-order valence-corrected chi connectivity index (χ3v) is 3.68. The van der Waals surface area contributed by atoms with Crippen molar-refractivity contribution in [2.45, 2.75) is 32.9 Å². The van der Waals surface area contributed by atoms with Crippen LogP contribution in [0.25, 0.3) is 0 Å². The first-order chi connectivity index (χ1) is 11.8. The number of nitrogens with one attached hydrogen (secondary N) is 1. The maximum Gasteiger partial charge on any atom is 0.338 e. The molecule has 0 bridgehead atoms. The summed E-state index contributed by atoms with van der Waals surface area (Å²) in [6, 6.07) is 8.81. The van der Waals surface area contributed by atoms with Crippen LogP contribution in [-0.4, -0.2) is 41.9 Å². The lowest BCUT2D eigenvalue weighted by atomic mass is 10.2. The monoisotopic (exact) mass is 344 g/mol. The number of carbonyl (C=O) groups is 2. The number of anilines is 2. The molecule has 0 spiro atoms. The van der Waals surface area contributed by atoms with Crippen molar-refractivity contribution in [3.05, 3.63) is 42.1 Å². The topological polar surface area (TPSA) is 76.5 Å². The Morgan fingerprint density at radius 3 is 2.32 bits per heavy atom. The molecule has 0 fully saturated rings. The highest BCUT2D eigenvalue weighted by Crippen LogP contribution is 2.15. The summed E-state index contributed by atoms with van der Waals surface area (Å²) in [5, 5.41) is 6.88. The Hall–Kier alpha value is -2.83. The van der Waals surface area contributed by atoms with E-state index < -0.39 is 18.0 Å². The molecule has 25 heavy (non-hydrogen) atoms. The molecule has 0 saturated carbocycles. The normalized spacial score (nSPS) is 11.9. The van der Waals surface area contributed by atoms with E-state index in [1.165, 1.54) is 6.92 Å². The number of esters is 1. The van der Waals surface area contributed by atoms with E-state index in [2.05, 4.69) is 10.4 Å². The molecule has 7 nitrogen and oxygen atoms in total. The minimum atomic E-state index is -0.920. The van der Waals surface area contributed by atoms with Gasteiger partial charge >= 0.3 is 5.97 Å². The summed E-state index contributed by atoms with van der Waals surface area (Å²) in [5.74, 6) is -0.371. The number of nitrogens with zero attached hydrogens (tertiary/aromatic N) is 3. The first-order valence-electron chi connectivity index (χ1n) is 8.12. The molecule has 1 amide bonds. The third-order valence-electron chi connectivity index (χ3n) is 3.68. The van der Waals surface area contributed by atoms with Gasteiger partial charge in [-0.15, -0.1) is 0 Å². The van der Waals surface area contributed by atoms with Crippen molar-refractivity contribution in [2.75, 3.05) is 24.3 Å². The summed E-state index contributed by atoms with van der Waals surface area (Å²) < 4.78 is 6.94. The summed E-state index contributed by atoms with van der Waals surface area (Å²) in [7, 11) is 3.84. The van der Waals surface area contributed by atoms with Crippen LogP contribution in [0.4, 0.5) is 11.5 Å². The second-order valence-corrected chi connectivity index (χ2v) is 6.23. The molecule has 134 valence electrons. The van der Waals surface area contributed by atoms with Crippen molar-refractivity contribution in [2.24, 2.45) is 0 Å². The van der Waals surface area contributed by atoms with Crippen molar-refractivity contribution in [3.63, 3.8) is 0 Å². The van der Waals surface area contributed by atoms with Gasteiger partial charge in [-0.3, -0.25) is 4.79 Å². The van der Waals surface area contributed by atoms with Gasteiger partial charge in [0.15, 0.2) is 6.10 Å². The van der Waals surface area contributed by atoms with Crippen LogP contribution in [-0.2, 0) is 9.53 Å². The predicted molar refractivity (Wildman–Crippen MR) is 96.9 cm³/mol. The highest BCUT2D eigenvalue weighted by Gasteiger charge is 2.20. The molecule has 0 aliphatic heterocycles. The maximum atomic E-state index is 12.3. The van der Waals surface area contributed by atoms with Crippen LogP contribution in [0.5, 0.6) is 0 Å². The predicted octanol–water partition coefficient (Wildman–Crippen LogP) is 2.71. The van der Waals surface area contributed by atoms with Crippen LogP contribution in [0, 0.1) is 0 Å². The lowest BCUT2D eigenvalue weighted by Gasteiger charge is -2.16. The SMILES string of the molecule is CC(C)n1nccc1NC(=O)[C@H](C)OC(=O)c1ccc(N(C)C)cc1. The van der Waals surface area contributed by atoms with Crippen LogP contribution in [0.2, 0.25) is 0 Å². The van der Waals surface area contributed by atoms with E-state index in [0.29, 0.717) is 11.4 Å². The van der Waals surface area contributed by atoms with Gasteiger partial charge in [-0.05, 0) is 45.0 Å².